The van der Waals surface area contributed by atoms with Crippen LogP contribution in [0.3, 0.4) is 0 Å². The van der Waals surface area contributed by atoms with Gasteiger partial charge in [0.1, 0.15) is 5.75 Å². The first-order valence-electron chi connectivity index (χ1n) is 16.9. The lowest BCUT2D eigenvalue weighted by Gasteiger charge is -2.34. The van der Waals surface area contributed by atoms with Crippen molar-refractivity contribution in [3.05, 3.63) is 185 Å². The van der Waals surface area contributed by atoms with Crippen LogP contribution in [0.4, 0.5) is 5.69 Å². The van der Waals surface area contributed by atoms with Gasteiger partial charge in [0.2, 0.25) is 0 Å². The number of aryl methyl sites for hydroxylation is 2. The summed E-state index contributed by atoms with van der Waals surface area (Å²) in [7, 11) is 3.92. The maximum atomic E-state index is 5.70. The molecule has 242 valence electrons. The van der Waals surface area contributed by atoms with E-state index in [0.29, 0.717) is 0 Å². The van der Waals surface area contributed by atoms with Crippen molar-refractivity contribution >= 4 is 22.0 Å². The molecule has 0 bridgehead atoms. The number of ether oxygens (including phenoxy) is 1. The summed E-state index contributed by atoms with van der Waals surface area (Å²) in [4.78, 5) is 2.36. The number of nitrogens with zero attached hydrogens (tertiary/aromatic N) is 1. The summed E-state index contributed by atoms with van der Waals surface area (Å²) in [6.45, 7) is 16.1. The molecule has 1 atom stereocenters. The van der Waals surface area contributed by atoms with Gasteiger partial charge in [-0.25, -0.2) is 0 Å². The summed E-state index contributed by atoms with van der Waals surface area (Å²) in [5, 5.41) is 2.60. The van der Waals surface area contributed by atoms with Crippen molar-refractivity contribution in [1.29, 1.82) is 0 Å². The number of fused-ring (bicyclic) bond motifs is 3. The van der Waals surface area contributed by atoms with Crippen molar-refractivity contribution in [2.45, 2.75) is 51.9 Å². The van der Waals surface area contributed by atoms with Gasteiger partial charge in [0.15, 0.2) is 0 Å². The van der Waals surface area contributed by atoms with E-state index in [-0.39, 0.29) is 10.8 Å². The van der Waals surface area contributed by atoms with Crippen LogP contribution >= 0.6 is 0 Å². The van der Waals surface area contributed by atoms with E-state index >= 15 is 0 Å². The van der Waals surface area contributed by atoms with E-state index in [1.165, 1.54) is 50.0 Å². The zero-order chi connectivity index (χ0) is 34.1. The number of hydrogen-bond acceptors (Lipinski definition) is 2. The van der Waals surface area contributed by atoms with Crippen LogP contribution in [0.5, 0.6) is 5.75 Å². The van der Waals surface area contributed by atoms with Crippen LogP contribution in [0.25, 0.3) is 16.3 Å². The summed E-state index contributed by atoms with van der Waals surface area (Å²) in [5.74, 6) is 0.858. The molecule has 5 aromatic carbocycles. The molecule has 0 saturated heterocycles. The summed E-state index contributed by atoms with van der Waals surface area (Å²) >= 11 is 0. The van der Waals surface area contributed by atoms with E-state index in [2.05, 4.69) is 174 Å². The lowest BCUT2D eigenvalue weighted by Crippen LogP contribution is -2.28. The largest absolute Gasteiger partial charge is 0.497 e. The predicted molar refractivity (Wildman–Crippen MR) is 206 cm³/mol. The molecule has 1 unspecified atom stereocenters. The van der Waals surface area contributed by atoms with Crippen LogP contribution in [0, 0.1) is 13.8 Å². The van der Waals surface area contributed by atoms with Crippen molar-refractivity contribution < 1.29 is 4.74 Å². The second-order valence-electron chi connectivity index (χ2n) is 13.9. The smallest absolute Gasteiger partial charge is 0.119 e. The highest BCUT2D eigenvalue weighted by atomic mass is 16.5. The van der Waals surface area contributed by atoms with Gasteiger partial charge in [-0.05, 0) is 99.8 Å². The summed E-state index contributed by atoms with van der Waals surface area (Å²) in [6.07, 6.45) is 9.88. The van der Waals surface area contributed by atoms with Crippen molar-refractivity contribution in [2.75, 3.05) is 19.1 Å². The number of methoxy groups -OCH3 is 1. The normalized spacial score (nSPS) is 16.4. The topological polar surface area (TPSA) is 12.5 Å². The van der Waals surface area contributed by atoms with Crippen LogP contribution in [-0.2, 0) is 17.3 Å². The molecule has 2 heteroatoms. The minimum Gasteiger partial charge on any atom is -0.497 e. The van der Waals surface area contributed by atoms with Gasteiger partial charge in [-0.15, -0.1) is 0 Å². The number of benzene rings is 5. The first-order valence-corrected chi connectivity index (χ1v) is 16.9. The Kier molecular flexibility index (Phi) is 9.03. The molecule has 48 heavy (non-hydrogen) atoms. The lowest BCUT2D eigenvalue weighted by molar-refractivity contribution is 0.412. The Morgan fingerprint density at radius 2 is 1.54 bits per heavy atom. The molecular formula is C46H47NO. The first-order chi connectivity index (χ1) is 23.0. The minimum atomic E-state index is -0.363. The van der Waals surface area contributed by atoms with Gasteiger partial charge in [-0.1, -0.05) is 137 Å². The van der Waals surface area contributed by atoms with Crippen molar-refractivity contribution in [3.8, 4) is 5.75 Å². The average molecular weight is 630 g/mol. The van der Waals surface area contributed by atoms with Crippen molar-refractivity contribution in [2.24, 2.45) is 0 Å². The molecular weight excluding hydrogens is 583 g/mol. The minimum absolute atomic E-state index is 0.160. The third kappa shape index (κ3) is 6.04. The molecule has 1 aliphatic rings. The summed E-state index contributed by atoms with van der Waals surface area (Å²) < 4.78 is 5.70. The molecule has 0 radical (unpaired) electrons. The lowest BCUT2D eigenvalue weighted by atomic mass is 9.70. The maximum Gasteiger partial charge on any atom is 0.119 e. The number of rotatable bonds is 9. The Balaban J connectivity index is 1.43. The van der Waals surface area contributed by atoms with E-state index in [9.17, 15) is 0 Å². The fraction of sp³-hybridized carbons (Fsp3) is 0.217. The zero-order valence-corrected chi connectivity index (χ0v) is 29.5. The highest BCUT2D eigenvalue weighted by molar-refractivity contribution is 5.95. The van der Waals surface area contributed by atoms with Gasteiger partial charge in [-0.2, -0.15) is 0 Å². The number of anilines is 1. The fourth-order valence-electron chi connectivity index (χ4n) is 7.51. The predicted octanol–water partition coefficient (Wildman–Crippen LogP) is 11.5. The van der Waals surface area contributed by atoms with Crippen LogP contribution in [0.1, 0.15) is 54.2 Å². The molecule has 0 aliphatic carbocycles. The van der Waals surface area contributed by atoms with Crippen molar-refractivity contribution in [1.82, 2.24) is 0 Å². The van der Waals surface area contributed by atoms with Crippen molar-refractivity contribution in [3.63, 3.8) is 0 Å². The summed E-state index contributed by atoms with van der Waals surface area (Å²) in [6, 6.07) is 38.9. The zero-order valence-electron chi connectivity index (χ0n) is 29.5. The van der Waals surface area contributed by atoms with Crippen LogP contribution in [-0.4, -0.2) is 14.2 Å². The van der Waals surface area contributed by atoms with Gasteiger partial charge >= 0.3 is 0 Å². The molecule has 6 rings (SSSR count). The van der Waals surface area contributed by atoms with E-state index in [1.54, 1.807) is 7.11 Å². The Labute approximate surface area is 287 Å². The Hall–Kier alpha value is -5.08. The van der Waals surface area contributed by atoms with Crippen LogP contribution in [0.2, 0.25) is 0 Å². The second-order valence-corrected chi connectivity index (χ2v) is 13.9. The number of hydrogen-bond donors (Lipinski definition) is 0. The summed E-state index contributed by atoms with van der Waals surface area (Å²) in [5.41, 5.74) is 11.8. The molecule has 0 spiro atoms. The molecule has 1 heterocycles. The first kappa shape index (κ1) is 32.8. The second kappa shape index (κ2) is 13.2. The fourth-order valence-corrected chi connectivity index (χ4v) is 7.51. The van der Waals surface area contributed by atoms with Gasteiger partial charge in [0.05, 0.1) is 7.11 Å². The van der Waals surface area contributed by atoms with Crippen LogP contribution in [0.15, 0.2) is 151 Å². The molecule has 1 aliphatic heterocycles. The van der Waals surface area contributed by atoms with Gasteiger partial charge in [-0.3, -0.25) is 0 Å². The SMILES string of the molecule is C=C(/C=C/C(=C/C=C1/N(C)c2ccc3ccccc3c2C1(C)C)c1ccccc1)C(C)(Cc1ccccc1C)c1cc(OC)ccc1C. The third-order valence-corrected chi connectivity index (χ3v) is 10.4. The Bertz CT molecular complexity index is 2080. The standard InChI is InChI=1S/C46H47NO/c1-32-16-12-13-20-38(32)31-46(6,41-30-39(48-8)27-22-33(41)2)34(3)23-24-36(35-17-10-9-11-18-35)26-29-43-45(4,5)44-40-21-15-14-19-37(40)25-28-42(44)47(43)7/h9-30H,3,31H2,1-2,4-8H3/b24-23+,36-26-,43-29+. The molecule has 0 N–H and O–H groups in total. The molecule has 0 saturated carbocycles. The third-order valence-electron chi connectivity index (χ3n) is 10.4. The van der Waals surface area contributed by atoms with Crippen LogP contribution < -0.4 is 9.64 Å². The van der Waals surface area contributed by atoms with Gasteiger partial charge in [0, 0.05) is 29.3 Å². The van der Waals surface area contributed by atoms with E-state index in [1.807, 2.05) is 6.07 Å². The Morgan fingerprint density at radius 1 is 0.833 bits per heavy atom. The highest BCUT2D eigenvalue weighted by Gasteiger charge is 2.39. The molecule has 0 aromatic heterocycles. The Morgan fingerprint density at radius 3 is 2.29 bits per heavy atom. The average Bonchev–Trinajstić information content (AvgIpc) is 3.30. The molecule has 5 aromatic rings. The highest BCUT2D eigenvalue weighted by Crippen LogP contribution is 2.50. The maximum absolute atomic E-state index is 5.70. The van der Waals surface area contributed by atoms with E-state index < -0.39 is 0 Å². The quantitative estimate of drug-likeness (QED) is 0.150. The van der Waals surface area contributed by atoms with Gasteiger partial charge < -0.3 is 9.64 Å². The number of likely N-dealkylation sites (N-methyl/N-ethyl adjacent to an activating group) is 1. The molecule has 0 amide bonds. The monoisotopic (exact) mass is 629 g/mol. The molecule has 0 fully saturated rings. The van der Waals surface area contributed by atoms with Gasteiger partial charge in [0.25, 0.3) is 0 Å². The number of allylic oxidation sites excluding steroid dienone is 7. The molecule has 2 nitrogen and oxygen atoms in total. The van der Waals surface area contributed by atoms with E-state index in [4.69, 9.17) is 11.3 Å². The van der Waals surface area contributed by atoms with E-state index in [0.717, 1.165) is 28.9 Å².